The lowest BCUT2D eigenvalue weighted by atomic mass is 10.1. The van der Waals surface area contributed by atoms with Crippen LogP contribution in [0.4, 0.5) is 4.79 Å². The van der Waals surface area contributed by atoms with E-state index in [0.29, 0.717) is 13.0 Å². The molecule has 3 N–H and O–H groups in total. The maximum absolute atomic E-state index is 11.5. The molecule has 112 valence electrons. The van der Waals surface area contributed by atoms with Gasteiger partial charge in [-0.3, -0.25) is 0 Å². The van der Waals surface area contributed by atoms with Gasteiger partial charge in [-0.2, -0.15) is 0 Å². The fraction of sp³-hybridized carbons (Fsp3) is 0.533. The van der Waals surface area contributed by atoms with Crippen molar-refractivity contribution in [3.05, 3.63) is 34.3 Å². The summed E-state index contributed by atoms with van der Waals surface area (Å²) < 4.78 is 5.15. The summed E-state index contributed by atoms with van der Waals surface area (Å²) in [6.07, 6.45) is 0.199. The third kappa shape index (κ3) is 6.26. The van der Waals surface area contributed by atoms with Crippen molar-refractivity contribution in [1.82, 2.24) is 5.32 Å². The lowest BCUT2D eigenvalue weighted by molar-refractivity contribution is 0.0524. The topological polar surface area (TPSA) is 64.3 Å². The van der Waals surface area contributed by atoms with Crippen LogP contribution in [0.3, 0.4) is 0 Å². The number of hydrogen-bond acceptors (Lipinski definition) is 3. The standard InChI is InChI=1S/C15H23ClN2O2/c1-10-5-6-11(8-13(10)16)7-12(17)9-18-14(19)20-15(2,3)4/h5-6,8,12H,7,9,17H2,1-4H3,(H,18,19). The zero-order valence-electron chi connectivity index (χ0n) is 12.5. The molecule has 0 aliphatic rings. The number of carbonyl (C=O) groups is 1. The van der Waals surface area contributed by atoms with E-state index < -0.39 is 11.7 Å². The van der Waals surface area contributed by atoms with Gasteiger partial charge in [0, 0.05) is 17.6 Å². The van der Waals surface area contributed by atoms with E-state index in [1.54, 1.807) is 0 Å². The molecule has 20 heavy (non-hydrogen) atoms. The Bertz CT molecular complexity index is 469. The van der Waals surface area contributed by atoms with Gasteiger partial charge in [-0.25, -0.2) is 4.79 Å². The molecule has 1 rings (SSSR count). The van der Waals surface area contributed by atoms with Crippen molar-refractivity contribution < 1.29 is 9.53 Å². The maximum atomic E-state index is 11.5. The molecule has 1 aromatic carbocycles. The van der Waals surface area contributed by atoms with Crippen LogP contribution >= 0.6 is 11.6 Å². The highest BCUT2D eigenvalue weighted by atomic mass is 35.5. The summed E-state index contributed by atoms with van der Waals surface area (Å²) in [5.41, 5.74) is 7.58. The van der Waals surface area contributed by atoms with Crippen LogP contribution in [-0.2, 0) is 11.2 Å². The van der Waals surface area contributed by atoms with E-state index in [1.165, 1.54) is 0 Å². The fourth-order valence-corrected chi connectivity index (χ4v) is 1.87. The molecule has 0 fully saturated rings. The van der Waals surface area contributed by atoms with Crippen LogP contribution in [0.5, 0.6) is 0 Å². The number of hydrogen-bond donors (Lipinski definition) is 2. The van der Waals surface area contributed by atoms with Crippen LogP contribution in [0, 0.1) is 6.92 Å². The first-order valence-electron chi connectivity index (χ1n) is 6.65. The van der Waals surface area contributed by atoms with Crippen molar-refractivity contribution in [2.24, 2.45) is 5.73 Å². The summed E-state index contributed by atoms with van der Waals surface area (Å²) in [6.45, 7) is 7.78. The highest BCUT2D eigenvalue weighted by molar-refractivity contribution is 6.31. The number of carbonyl (C=O) groups excluding carboxylic acids is 1. The van der Waals surface area contributed by atoms with Crippen LogP contribution in [-0.4, -0.2) is 24.3 Å². The van der Waals surface area contributed by atoms with Crippen LogP contribution in [0.1, 0.15) is 31.9 Å². The van der Waals surface area contributed by atoms with E-state index in [-0.39, 0.29) is 6.04 Å². The predicted octanol–water partition coefficient (Wildman–Crippen LogP) is 3.04. The molecule has 4 nitrogen and oxygen atoms in total. The highest BCUT2D eigenvalue weighted by Gasteiger charge is 2.16. The van der Waals surface area contributed by atoms with Crippen molar-refractivity contribution >= 4 is 17.7 Å². The van der Waals surface area contributed by atoms with E-state index in [4.69, 9.17) is 22.1 Å². The molecule has 5 heteroatoms. The molecule has 1 aromatic rings. The summed E-state index contributed by atoms with van der Waals surface area (Å²) in [6, 6.07) is 5.69. The number of alkyl carbamates (subject to hydrolysis) is 1. The second kappa shape index (κ2) is 6.95. The van der Waals surface area contributed by atoms with Gasteiger partial charge >= 0.3 is 6.09 Å². The van der Waals surface area contributed by atoms with E-state index in [1.807, 2.05) is 45.9 Å². The molecule has 0 heterocycles. The van der Waals surface area contributed by atoms with Crippen molar-refractivity contribution in [3.8, 4) is 0 Å². The van der Waals surface area contributed by atoms with Crippen LogP contribution < -0.4 is 11.1 Å². The Kier molecular flexibility index (Phi) is 5.84. The molecule has 1 amide bonds. The maximum Gasteiger partial charge on any atom is 0.407 e. The van der Waals surface area contributed by atoms with Gasteiger partial charge < -0.3 is 15.8 Å². The average molecular weight is 299 g/mol. The summed E-state index contributed by atoms with van der Waals surface area (Å²) in [7, 11) is 0. The van der Waals surface area contributed by atoms with Gasteiger partial charge in [0.15, 0.2) is 0 Å². The van der Waals surface area contributed by atoms with Crippen molar-refractivity contribution in [3.63, 3.8) is 0 Å². The number of nitrogens with two attached hydrogens (primary N) is 1. The summed E-state index contributed by atoms with van der Waals surface area (Å²) in [4.78, 5) is 11.5. The summed E-state index contributed by atoms with van der Waals surface area (Å²) >= 11 is 6.07. The molecule has 0 radical (unpaired) electrons. The van der Waals surface area contributed by atoms with E-state index in [2.05, 4.69) is 5.32 Å². The van der Waals surface area contributed by atoms with Gasteiger partial charge in [-0.1, -0.05) is 23.7 Å². The number of rotatable bonds is 4. The Morgan fingerprint density at radius 3 is 2.65 bits per heavy atom. The molecule has 0 aromatic heterocycles. The van der Waals surface area contributed by atoms with Crippen molar-refractivity contribution in [2.75, 3.05) is 6.54 Å². The first-order valence-corrected chi connectivity index (χ1v) is 7.02. The van der Waals surface area contributed by atoms with Crippen molar-refractivity contribution in [1.29, 1.82) is 0 Å². The summed E-state index contributed by atoms with van der Waals surface area (Å²) in [5.74, 6) is 0. The molecule has 1 atom stereocenters. The number of benzene rings is 1. The van der Waals surface area contributed by atoms with Gasteiger partial charge in [0.05, 0.1) is 0 Å². The number of nitrogens with one attached hydrogen (secondary N) is 1. The van der Waals surface area contributed by atoms with E-state index in [9.17, 15) is 4.79 Å². The molecule has 1 unspecified atom stereocenters. The monoisotopic (exact) mass is 298 g/mol. The molecule has 0 aliphatic heterocycles. The number of aryl methyl sites for hydroxylation is 1. The van der Waals surface area contributed by atoms with Crippen LogP contribution in [0.15, 0.2) is 18.2 Å². The van der Waals surface area contributed by atoms with Crippen molar-refractivity contribution in [2.45, 2.75) is 45.8 Å². The molecule has 0 spiro atoms. The minimum absolute atomic E-state index is 0.179. The van der Waals surface area contributed by atoms with Gasteiger partial charge in [0.1, 0.15) is 5.60 Å². The second-order valence-corrected chi connectivity index (χ2v) is 6.34. The van der Waals surface area contributed by atoms with E-state index >= 15 is 0 Å². The third-order valence-corrected chi connectivity index (χ3v) is 3.05. The van der Waals surface area contributed by atoms with Gasteiger partial charge in [0.2, 0.25) is 0 Å². The minimum atomic E-state index is -0.501. The van der Waals surface area contributed by atoms with Gasteiger partial charge in [0.25, 0.3) is 0 Å². The SMILES string of the molecule is Cc1ccc(CC(N)CNC(=O)OC(C)(C)C)cc1Cl. The zero-order valence-corrected chi connectivity index (χ0v) is 13.3. The third-order valence-electron chi connectivity index (χ3n) is 2.64. The largest absolute Gasteiger partial charge is 0.444 e. The summed E-state index contributed by atoms with van der Waals surface area (Å²) in [5, 5.41) is 3.40. The number of ether oxygens (including phenoxy) is 1. The Balaban J connectivity index is 2.42. The molecular formula is C15H23ClN2O2. The Labute approximate surface area is 125 Å². The number of amides is 1. The van der Waals surface area contributed by atoms with Crippen LogP contribution in [0.2, 0.25) is 5.02 Å². The highest BCUT2D eigenvalue weighted by Crippen LogP contribution is 2.17. The smallest absolute Gasteiger partial charge is 0.407 e. The van der Waals surface area contributed by atoms with Gasteiger partial charge in [-0.05, 0) is 51.3 Å². The Morgan fingerprint density at radius 1 is 1.45 bits per heavy atom. The zero-order chi connectivity index (χ0) is 15.3. The lowest BCUT2D eigenvalue weighted by Crippen LogP contribution is -2.41. The molecule has 0 aliphatic carbocycles. The first-order chi connectivity index (χ1) is 9.17. The number of halogens is 1. The predicted molar refractivity (Wildman–Crippen MR) is 82.1 cm³/mol. The quantitative estimate of drug-likeness (QED) is 0.898. The molecule has 0 bridgehead atoms. The first kappa shape index (κ1) is 16.8. The van der Waals surface area contributed by atoms with E-state index in [0.717, 1.165) is 16.1 Å². The second-order valence-electron chi connectivity index (χ2n) is 5.93. The minimum Gasteiger partial charge on any atom is -0.444 e. The average Bonchev–Trinajstić information content (AvgIpc) is 2.29. The van der Waals surface area contributed by atoms with Gasteiger partial charge in [-0.15, -0.1) is 0 Å². The Hall–Kier alpha value is -1.26. The Morgan fingerprint density at radius 2 is 2.10 bits per heavy atom. The molecular weight excluding hydrogens is 276 g/mol. The van der Waals surface area contributed by atoms with Crippen LogP contribution in [0.25, 0.3) is 0 Å². The molecule has 0 saturated carbocycles. The molecule has 0 saturated heterocycles. The lowest BCUT2D eigenvalue weighted by Gasteiger charge is -2.20. The normalized spacial score (nSPS) is 12.9. The fourth-order valence-electron chi connectivity index (χ4n) is 1.67.